The highest BCUT2D eigenvalue weighted by atomic mass is 16.4. The summed E-state index contributed by atoms with van der Waals surface area (Å²) < 4.78 is 0. The Hall–Kier alpha value is -1.06. The normalized spacial score (nSPS) is 51.0. The summed E-state index contributed by atoms with van der Waals surface area (Å²) in [6.07, 6.45) is 2.70. The first-order valence-electron chi connectivity index (χ1n) is 6.31. The molecule has 4 bridgehead atoms. The quantitative estimate of drug-likeness (QED) is 0.752. The van der Waals surface area contributed by atoms with E-state index in [4.69, 9.17) is 0 Å². The highest BCUT2D eigenvalue weighted by Gasteiger charge is 2.80. The maximum Gasteiger partial charge on any atom is 0.330 e. The number of aliphatic carboxylic acids is 1. The van der Waals surface area contributed by atoms with Crippen LogP contribution < -0.4 is 0 Å². The molecule has 0 radical (unpaired) electrons. The van der Waals surface area contributed by atoms with Gasteiger partial charge in [0.25, 0.3) is 0 Å². The standard InChI is InChI=1S/C13H19NO3/c1-8(15)14-7-11(2)9-4-5-12(11,3)13(14,6-9)10(16)17/h9H,4-7H2,1-3H3,(H,16,17)/t9-,11+,12+,13+/m0/s1. The topological polar surface area (TPSA) is 57.6 Å². The van der Waals surface area contributed by atoms with Gasteiger partial charge in [-0.05, 0) is 30.6 Å². The Balaban J connectivity index is 2.21. The first-order chi connectivity index (χ1) is 7.79. The molecule has 94 valence electrons. The van der Waals surface area contributed by atoms with Gasteiger partial charge in [-0.2, -0.15) is 0 Å². The van der Waals surface area contributed by atoms with E-state index in [1.165, 1.54) is 6.92 Å². The van der Waals surface area contributed by atoms with Crippen molar-refractivity contribution in [1.29, 1.82) is 0 Å². The average molecular weight is 237 g/mol. The molecule has 3 fully saturated rings. The lowest BCUT2D eigenvalue weighted by atomic mass is 9.65. The molecule has 0 aromatic heterocycles. The van der Waals surface area contributed by atoms with Crippen LogP contribution in [-0.2, 0) is 9.59 Å². The van der Waals surface area contributed by atoms with Gasteiger partial charge in [-0.3, -0.25) is 4.79 Å². The van der Waals surface area contributed by atoms with E-state index >= 15 is 0 Å². The summed E-state index contributed by atoms with van der Waals surface area (Å²) in [6, 6.07) is 0. The lowest BCUT2D eigenvalue weighted by Crippen LogP contribution is -2.60. The van der Waals surface area contributed by atoms with Crippen LogP contribution in [0.2, 0.25) is 0 Å². The summed E-state index contributed by atoms with van der Waals surface area (Å²) in [5.74, 6) is -0.428. The molecule has 1 N–H and O–H groups in total. The third-order valence-corrected chi connectivity index (χ3v) is 6.29. The van der Waals surface area contributed by atoms with E-state index in [0.717, 1.165) is 12.8 Å². The first-order valence-corrected chi connectivity index (χ1v) is 6.31. The number of carboxylic acid groups (broad SMARTS) is 1. The number of carbonyl (C=O) groups is 2. The number of hydrogen-bond acceptors (Lipinski definition) is 2. The molecular formula is C13H19NO3. The summed E-state index contributed by atoms with van der Waals surface area (Å²) in [4.78, 5) is 25.2. The van der Waals surface area contributed by atoms with Gasteiger partial charge in [-0.25, -0.2) is 4.79 Å². The molecule has 1 amide bonds. The van der Waals surface area contributed by atoms with Gasteiger partial charge in [0.2, 0.25) is 5.91 Å². The fraction of sp³-hybridized carbons (Fsp3) is 0.846. The Morgan fingerprint density at radius 3 is 2.47 bits per heavy atom. The predicted octanol–water partition coefficient (Wildman–Crippen LogP) is 1.50. The Labute approximate surface area is 101 Å². The monoisotopic (exact) mass is 237 g/mol. The van der Waals surface area contributed by atoms with Crippen LogP contribution >= 0.6 is 0 Å². The molecule has 0 unspecified atom stereocenters. The maximum absolute atomic E-state index is 11.8. The molecule has 4 heteroatoms. The average Bonchev–Trinajstić information content (AvgIpc) is 2.68. The van der Waals surface area contributed by atoms with Crippen LogP contribution in [-0.4, -0.2) is 34.0 Å². The van der Waals surface area contributed by atoms with Gasteiger partial charge in [0.05, 0.1) is 0 Å². The molecule has 3 rings (SSSR count). The Kier molecular flexibility index (Phi) is 1.74. The van der Waals surface area contributed by atoms with Gasteiger partial charge >= 0.3 is 5.97 Å². The van der Waals surface area contributed by atoms with Crippen molar-refractivity contribution in [1.82, 2.24) is 4.90 Å². The zero-order chi connectivity index (χ0) is 12.6. The molecule has 0 aromatic carbocycles. The second kappa shape index (κ2) is 2.68. The number of amides is 1. The van der Waals surface area contributed by atoms with E-state index in [1.807, 2.05) is 0 Å². The number of hydrogen-bond donors (Lipinski definition) is 1. The fourth-order valence-electron chi connectivity index (χ4n) is 5.10. The van der Waals surface area contributed by atoms with Crippen molar-refractivity contribution >= 4 is 11.9 Å². The molecule has 1 heterocycles. The molecule has 1 aliphatic heterocycles. The summed E-state index contributed by atoms with van der Waals surface area (Å²) in [5.41, 5.74) is -1.18. The fourth-order valence-corrected chi connectivity index (χ4v) is 5.10. The molecular weight excluding hydrogens is 218 g/mol. The predicted molar refractivity (Wildman–Crippen MR) is 61.3 cm³/mol. The third kappa shape index (κ3) is 0.829. The van der Waals surface area contributed by atoms with Crippen molar-refractivity contribution in [2.24, 2.45) is 16.7 Å². The second-order valence-electron chi connectivity index (χ2n) is 6.46. The largest absolute Gasteiger partial charge is 0.479 e. The minimum absolute atomic E-state index is 0.00292. The summed E-state index contributed by atoms with van der Waals surface area (Å²) in [5, 5.41) is 9.72. The van der Waals surface area contributed by atoms with Crippen LogP contribution in [0.4, 0.5) is 0 Å². The summed E-state index contributed by atoms with van der Waals surface area (Å²) >= 11 is 0. The Bertz CT molecular complexity index is 434. The molecule has 2 aliphatic carbocycles. The van der Waals surface area contributed by atoms with E-state index in [-0.39, 0.29) is 16.7 Å². The van der Waals surface area contributed by atoms with Crippen LogP contribution in [0, 0.1) is 16.7 Å². The van der Waals surface area contributed by atoms with E-state index in [9.17, 15) is 14.7 Å². The Morgan fingerprint density at radius 1 is 1.35 bits per heavy atom. The van der Waals surface area contributed by atoms with Crippen LogP contribution in [0.15, 0.2) is 0 Å². The van der Waals surface area contributed by atoms with Crippen LogP contribution in [0.5, 0.6) is 0 Å². The summed E-state index contributed by atoms with van der Waals surface area (Å²) in [6.45, 7) is 6.37. The first kappa shape index (κ1) is 11.1. The van der Waals surface area contributed by atoms with Crippen LogP contribution in [0.25, 0.3) is 0 Å². The molecule has 3 aliphatic rings. The van der Waals surface area contributed by atoms with Gasteiger partial charge < -0.3 is 10.0 Å². The number of rotatable bonds is 1. The van der Waals surface area contributed by atoms with E-state index in [0.29, 0.717) is 18.9 Å². The second-order valence-corrected chi connectivity index (χ2v) is 6.46. The molecule has 4 atom stereocenters. The number of nitrogens with zero attached hydrogens (tertiary/aromatic N) is 1. The lowest BCUT2D eigenvalue weighted by Gasteiger charge is -2.44. The number of piperidine rings is 1. The van der Waals surface area contributed by atoms with Crippen molar-refractivity contribution in [3.8, 4) is 0 Å². The van der Waals surface area contributed by atoms with Crippen LogP contribution in [0.1, 0.15) is 40.0 Å². The molecule has 17 heavy (non-hydrogen) atoms. The van der Waals surface area contributed by atoms with Crippen molar-refractivity contribution in [3.63, 3.8) is 0 Å². The minimum atomic E-state index is -0.934. The zero-order valence-electron chi connectivity index (χ0n) is 10.6. The van der Waals surface area contributed by atoms with Gasteiger partial charge in [-0.1, -0.05) is 13.8 Å². The molecule has 0 spiro atoms. The molecule has 4 nitrogen and oxygen atoms in total. The lowest BCUT2D eigenvalue weighted by molar-refractivity contribution is -0.163. The molecule has 0 aromatic rings. The Morgan fingerprint density at radius 2 is 2.00 bits per heavy atom. The van der Waals surface area contributed by atoms with Gasteiger partial charge in [0, 0.05) is 18.9 Å². The van der Waals surface area contributed by atoms with Crippen molar-refractivity contribution < 1.29 is 14.7 Å². The van der Waals surface area contributed by atoms with Crippen molar-refractivity contribution in [2.45, 2.75) is 45.6 Å². The maximum atomic E-state index is 11.8. The smallest absolute Gasteiger partial charge is 0.330 e. The van der Waals surface area contributed by atoms with E-state index in [2.05, 4.69) is 13.8 Å². The highest BCUT2D eigenvalue weighted by molar-refractivity contribution is 5.89. The minimum Gasteiger partial charge on any atom is -0.479 e. The highest BCUT2D eigenvalue weighted by Crippen LogP contribution is 2.75. The number of carbonyl (C=O) groups excluding carboxylic acids is 1. The van der Waals surface area contributed by atoms with Crippen LogP contribution in [0.3, 0.4) is 0 Å². The van der Waals surface area contributed by atoms with Gasteiger partial charge in [0.15, 0.2) is 0 Å². The summed E-state index contributed by atoms with van der Waals surface area (Å²) in [7, 11) is 0. The SMILES string of the molecule is CC(=O)N1C[C@]2(C)[C@H]3CC[C@@]2(C)[C@]1(C(=O)O)C3. The zero-order valence-corrected chi connectivity index (χ0v) is 10.6. The van der Waals surface area contributed by atoms with E-state index < -0.39 is 11.5 Å². The molecule has 1 saturated heterocycles. The number of carboxylic acids is 1. The third-order valence-electron chi connectivity index (χ3n) is 6.29. The van der Waals surface area contributed by atoms with Gasteiger partial charge in [-0.15, -0.1) is 0 Å². The van der Waals surface area contributed by atoms with Gasteiger partial charge in [0.1, 0.15) is 5.54 Å². The molecule has 2 saturated carbocycles. The number of likely N-dealkylation sites (tertiary alicyclic amines) is 1. The van der Waals surface area contributed by atoms with E-state index in [1.54, 1.807) is 4.90 Å². The van der Waals surface area contributed by atoms with Crippen molar-refractivity contribution in [2.75, 3.05) is 6.54 Å². The van der Waals surface area contributed by atoms with Crippen molar-refractivity contribution in [3.05, 3.63) is 0 Å².